The number of amides is 1. The Morgan fingerprint density at radius 3 is 1.94 bits per heavy atom. The summed E-state index contributed by atoms with van der Waals surface area (Å²) in [5.74, 6) is 0.180. The predicted molar refractivity (Wildman–Crippen MR) is 126 cm³/mol. The van der Waals surface area contributed by atoms with Crippen LogP contribution >= 0.6 is 0 Å². The summed E-state index contributed by atoms with van der Waals surface area (Å²) in [6, 6.07) is 11.0. The van der Waals surface area contributed by atoms with Crippen molar-refractivity contribution in [3.63, 3.8) is 0 Å². The first-order valence-corrected chi connectivity index (χ1v) is 10.6. The number of hydrogen-bond acceptors (Lipinski definition) is 4. The Labute approximate surface area is 194 Å². The summed E-state index contributed by atoms with van der Waals surface area (Å²) in [6.45, 7) is 11.2. The van der Waals surface area contributed by atoms with Crippen molar-refractivity contribution in [3.05, 3.63) is 64.7 Å². The van der Waals surface area contributed by atoms with E-state index in [1.165, 1.54) is 0 Å². The second-order valence-corrected chi connectivity index (χ2v) is 6.97. The van der Waals surface area contributed by atoms with Gasteiger partial charge in [0.1, 0.15) is 13.6 Å². The molecule has 1 aliphatic rings. The summed E-state index contributed by atoms with van der Waals surface area (Å²) < 4.78 is 38.1. The third kappa shape index (κ3) is 8.36. The topological polar surface area (TPSA) is 66.5 Å². The van der Waals surface area contributed by atoms with E-state index in [1.54, 1.807) is 12.1 Å². The van der Waals surface area contributed by atoms with Gasteiger partial charge >= 0.3 is 6.18 Å². The minimum Gasteiger partial charge on any atom is -0.388 e. The highest BCUT2D eigenvalue weighted by Crippen LogP contribution is 2.33. The number of nitrogens with zero attached hydrogens (tertiary/aromatic N) is 1. The van der Waals surface area contributed by atoms with Gasteiger partial charge in [-0.15, -0.1) is 0 Å². The summed E-state index contributed by atoms with van der Waals surface area (Å²) in [5, 5.41) is 3.09. The normalized spacial score (nSPS) is 13.2. The van der Waals surface area contributed by atoms with Gasteiger partial charge in [-0.1, -0.05) is 32.0 Å². The van der Waals surface area contributed by atoms with Gasteiger partial charge in [-0.2, -0.15) is 13.2 Å². The number of halogens is 3. The minimum absolute atomic E-state index is 0.00244. The van der Waals surface area contributed by atoms with Crippen molar-refractivity contribution >= 4 is 25.2 Å². The van der Waals surface area contributed by atoms with E-state index in [-0.39, 0.29) is 11.8 Å². The van der Waals surface area contributed by atoms with Crippen molar-refractivity contribution in [2.45, 2.75) is 45.7 Å². The van der Waals surface area contributed by atoms with E-state index in [4.69, 9.17) is 9.59 Å². The zero-order valence-electron chi connectivity index (χ0n) is 19.7. The quantitative estimate of drug-likeness (QED) is 0.627. The van der Waals surface area contributed by atoms with Crippen LogP contribution in [0.1, 0.15) is 59.7 Å². The molecule has 0 unspecified atom stereocenters. The lowest BCUT2D eigenvalue weighted by molar-refractivity contribution is -0.137. The smallest absolute Gasteiger partial charge is 0.388 e. The molecule has 0 aromatic heterocycles. The van der Waals surface area contributed by atoms with Gasteiger partial charge in [0, 0.05) is 31.4 Å². The van der Waals surface area contributed by atoms with Gasteiger partial charge in [-0.3, -0.25) is 4.79 Å². The van der Waals surface area contributed by atoms with Crippen molar-refractivity contribution in [2.24, 2.45) is 0 Å². The maximum absolute atomic E-state index is 12.8. The summed E-state index contributed by atoms with van der Waals surface area (Å²) in [5.41, 5.74) is 2.94. The van der Waals surface area contributed by atoms with Crippen LogP contribution in [-0.2, 0) is 15.8 Å². The highest BCUT2D eigenvalue weighted by molar-refractivity contribution is 5.95. The molecule has 1 saturated heterocycles. The Hall–Kier alpha value is -3.16. The molecule has 33 heavy (non-hydrogen) atoms. The molecule has 0 saturated carbocycles. The first-order chi connectivity index (χ1) is 15.8. The van der Waals surface area contributed by atoms with Gasteiger partial charge in [0.15, 0.2) is 0 Å². The summed E-state index contributed by atoms with van der Waals surface area (Å²) in [4.78, 5) is 30.6. The monoisotopic (exact) mass is 466 g/mol. The molecule has 2 aromatic rings. The molecule has 0 bridgehead atoms. The zero-order chi connectivity index (χ0) is 25.6. The Kier molecular flexibility index (Phi) is 13.4. The Balaban J connectivity index is 0.00000158. The number of hydrogen-bond donors (Lipinski definition) is 1. The van der Waals surface area contributed by atoms with E-state index < -0.39 is 11.7 Å². The van der Waals surface area contributed by atoms with E-state index in [1.807, 2.05) is 64.5 Å². The maximum atomic E-state index is 12.8. The Morgan fingerprint density at radius 2 is 1.48 bits per heavy atom. The largest absolute Gasteiger partial charge is 0.416 e. The molecule has 0 spiro atoms. The van der Waals surface area contributed by atoms with Crippen molar-refractivity contribution in [1.29, 1.82) is 0 Å². The molecular formula is C25H33F3N2O3. The number of nitrogens with one attached hydrogen (secondary N) is 1. The Bertz CT molecular complexity index is 845. The van der Waals surface area contributed by atoms with Crippen LogP contribution in [0.4, 0.5) is 18.9 Å². The molecule has 5 nitrogen and oxygen atoms in total. The maximum Gasteiger partial charge on any atom is 0.416 e. The molecular weight excluding hydrogens is 433 g/mol. The van der Waals surface area contributed by atoms with Crippen LogP contribution in [0.5, 0.6) is 0 Å². The molecule has 0 radical (unpaired) electrons. The van der Waals surface area contributed by atoms with Gasteiger partial charge < -0.3 is 19.8 Å². The zero-order valence-corrected chi connectivity index (χ0v) is 19.7. The number of benzene rings is 2. The van der Waals surface area contributed by atoms with Crippen molar-refractivity contribution < 1.29 is 27.6 Å². The van der Waals surface area contributed by atoms with Gasteiger partial charge in [-0.25, -0.2) is 0 Å². The van der Waals surface area contributed by atoms with Gasteiger partial charge in [-0.05, 0) is 61.1 Å². The van der Waals surface area contributed by atoms with Gasteiger partial charge in [0.05, 0.1) is 5.56 Å². The number of carbonyl (C=O) groups excluding carboxylic acids is 3. The van der Waals surface area contributed by atoms with Crippen molar-refractivity contribution in [1.82, 2.24) is 4.90 Å². The van der Waals surface area contributed by atoms with Crippen molar-refractivity contribution in [3.8, 4) is 0 Å². The highest BCUT2D eigenvalue weighted by Gasteiger charge is 2.31. The van der Waals surface area contributed by atoms with Crippen LogP contribution in [0.15, 0.2) is 42.5 Å². The standard InChI is InChI=1S/C21H23F3N2O.C2H6.2CH2O/c1-14-3-4-17(13-19(14)25-2)20(27)26-11-9-16(10-12-26)15-5-7-18(8-6-15)21(22,23)24;3*1-2/h3-8,13,16,25H,9-12H2,1-2H3;1-2H3;2*1H2. The molecule has 2 aromatic carbocycles. The van der Waals surface area contributed by atoms with Gasteiger partial charge in [0.2, 0.25) is 0 Å². The number of likely N-dealkylation sites (tertiary alicyclic amines) is 1. The lowest BCUT2D eigenvalue weighted by Crippen LogP contribution is -2.38. The predicted octanol–water partition coefficient (Wildman–Crippen LogP) is 5.73. The number of piperidine rings is 1. The first kappa shape index (κ1) is 29.8. The summed E-state index contributed by atoms with van der Waals surface area (Å²) in [6.07, 6.45) is -2.81. The van der Waals surface area contributed by atoms with Crippen LogP contribution in [0.2, 0.25) is 0 Å². The first-order valence-electron chi connectivity index (χ1n) is 10.6. The number of carbonyl (C=O) groups is 3. The average molecular weight is 467 g/mol. The third-order valence-corrected chi connectivity index (χ3v) is 5.25. The number of alkyl halides is 3. The molecule has 3 rings (SSSR count). The molecule has 8 heteroatoms. The minimum atomic E-state index is -4.31. The fourth-order valence-corrected chi connectivity index (χ4v) is 3.57. The number of aryl methyl sites for hydroxylation is 1. The molecule has 0 aliphatic carbocycles. The van der Waals surface area contributed by atoms with E-state index in [0.29, 0.717) is 18.7 Å². The SMILES string of the molecule is C=O.C=O.CC.CNc1cc(C(=O)N2CCC(c3ccc(C(F)(F)F)cc3)CC2)ccc1C. The van der Waals surface area contributed by atoms with Crippen LogP contribution in [0, 0.1) is 6.92 Å². The molecule has 1 fully saturated rings. The van der Waals surface area contributed by atoms with E-state index >= 15 is 0 Å². The van der Waals surface area contributed by atoms with Crippen LogP contribution in [-0.4, -0.2) is 44.5 Å². The van der Waals surface area contributed by atoms with Crippen LogP contribution in [0.25, 0.3) is 0 Å². The fourth-order valence-electron chi connectivity index (χ4n) is 3.57. The van der Waals surface area contributed by atoms with Gasteiger partial charge in [0.25, 0.3) is 5.91 Å². The van der Waals surface area contributed by atoms with E-state index in [9.17, 15) is 18.0 Å². The molecule has 1 heterocycles. The summed E-state index contributed by atoms with van der Waals surface area (Å²) >= 11 is 0. The Morgan fingerprint density at radius 1 is 0.970 bits per heavy atom. The molecule has 0 atom stereocenters. The highest BCUT2D eigenvalue weighted by atomic mass is 19.4. The molecule has 1 N–H and O–H groups in total. The fraction of sp³-hybridized carbons (Fsp3) is 0.400. The lowest BCUT2D eigenvalue weighted by atomic mass is 9.88. The molecule has 182 valence electrons. The second-order valence-electron chi connectivity index (χ2n) is 6.97. The lowest BCUT2D eigenvalue weighted by Gasteiger charge is -2.32. The molecule has 1 aliphatic heterocycles. The third-order valence-electron chi connectivity index (χ3n) is 5.25. The summed E-state index contributed by atoms with van der Waals surface area (Å²) in [7, 11) is 1.83. The van der Waals surface area contributed by atoms with Crippen molar-refractivity contribution in [2.75, 3.05) is 25.5 Å². The number of rotatable bonds is 3. The van der Waals surface area contributed by atoms with Crippen LogP contribution < -0.4 is 5.32 Å². The molecule has 1 amide bonds. The number of anilines is 1. The average Bonchev–Trinajstić information content (AvgIpc) is 2.87. The second kappa shape index (κ2) is 14.8. The van der Waals surface area contributed by atoms with E-state index in [2.05, 4.69) is 5.32 Å². The van der Waals surface area contributed by atoms with Crippen LogP contribution in [0.3, 0.4) is 0 Å². The van der Waals surface area contributed by atoms with E-state index in [0.717, 1.165) is 41.8 Å².